The summed E-state index contributed by atoms with van der Waals surface area (Å²) in [5.74, 6) is -1.44. The highest BCUT2D eigenvalue weighted by molar-refractivity contribution is 7.22. The summed E-state index contributed by atoms with van der Waals surface area (Å²) >= 11 is 1.37. The summed E-state index contributed by atoms with van der Waals surface area (Å²) < 4.78 is 10.5. The number of rotatable bonds is 8. The normalized spacial score (nSPS) is 10.2. The van der Waals surface area contributed by atoms with Gasteiger partial charge in [0.25, 0.3) is 0 Å². The average molecular weight is 348 g/mol. The Hall–Kier alpha value is -2.74. The summed E-state index contributed by atoms with van der Waals surface area (Å²) in [6.45, 7) is 3.14. The lowest BCUT2D eigenvalue weighted by molar-refractivity contribution is -0.150. The Labute approximate surface area is 142 Å². The summed E-state index contributed by atoms with van der Waals surface area (Å²) in [5.41, 5.74) is 0.811. The van der Waals surface area contributed by atoms with Crippen molar-refractivity contribution in [3.8, 4) is 0 Å². The Morgan fingerprint density at radius 1 is 1.17 bits per heavy atom. The number of ether oxygens (including phenoxy) is 2. The smallest absolute Gasteiger partial charge is 0.330 e. The van der Waals surface area contributed by atoms with Crippen LogP contribution in [0.15, 0.2) is 36.9 Å². The molecule has 1 aromatic heterocycles. The molecule has 0 aliphatic heterocycles. The molecule has 0 aliphatic rings. The highest BCUT2D eigenvalue weighted by atomic mass is 32.1. The van der Waals surface area contributed by atoms with Gasteiger partial charge < -0.3 is 14.8 Å². The second kappa shape index (κ2) is 8.78. The van der Waals surface area contributed by atoms with Gasteiger partial charge in [-0.05, 0) is 12.1 Å². The van der Waals surface area contributed by atoms with Gasteiger partial charge in [-0.2, -0.15) is 0 Å². The molecule has 1 N–H and O–H groups in total. The van der Waals surface area contributed by atoms with Crippen molar-refractivity contribution in [3.05, 3.63) is 36.9 Å². The summed E-state index contributed by atoms with van der Waals surface area (Å²) in [6, 6.07) is 7.54. The fourth-order valence-electron chi connectivity index (χ4n) is 1.75. The van der Waals surface area contributed by atoms with Gasteiger partial charge in [-0.3, -0.25) is 9.59 Å². The lowest BCUT2D eigenvalue weighted by atomic mass is 10.3. The van der Waals surface area contributed by atoms with E-state index >= 15 is 0 Å². The Morgan fingerprint density at radius 3 is 2.67 bits per heavy atom. The van der Waals surface area contributed by atoms with E-state index < -0.39 is 11.9 Å². The van der Waals surface area contributed by atoms with Gasteiger partial charge in [0.2, 0.25) is 5.91 Å². The predicted molar refractivity (Wildman–Crippen MR) is 89.6 cm³/mol. The molecule has 0 saturated heterocycles. The number of carbonyl (C=O) groups excluding carboxylic acids is 3. The highest BCUT2D eigenvalue weighted by Gasteiger charge is 2.11. The summed E-state index contributed by atoms with van der Waals surface area (Å²) in [7, 11) is 0. The third-order valence-corrected chi connectivity index (χ3v) is 3.81. The van der Waals surface area contributed by atoms with Crippen LogP contribution in [-0.2, 0) is 23.9 Å². The number of nitrogens with zero attached hydrogens (tertiary/aromatic N) is 1. The van der Waals surface area contributed by atoms with Crippen molar-refractivity contribution in [1.82, 2.24) is 4.98 Å². The first-order valence-corrected chi connectivity index (χ1v) is 8.00. The van der Waals surface area contributed by atoms with E-state index in [0.29, 0.717) is 5.13 Å². The Kier molecular flexibility index (Phi) is 6.44. The van der Waals surface area contributed by atoms with E-state index in [4.69, 9.17) is 4.74 Å². The van der Waals surface area contributed by atoms with Gasteiger partial charge in [0.05, 0.1) is 16.6 Å². The lowest BCUT2D eigenvalue weighted by Crippen LogP contribution is -2.16. The Morgan fingerprint density at radius 2 is 1.92 bits per heavy atom. The fourth-order valence-corrected chi connectivity index (χ4v) is 2.63. The molecule has 24 heavy (non-hydrogen) atoms. The Bertz CT molecular complexity index is 723. The molecular formula is C16H16N2O5S. The SMILES string of the molecule is C=CC(=O)OCCOC(=O)CCC(=O)Nc1nc2ccccc2s1. The van der Waals surface area contributed by atoms with Crippen molar-refractivity contribution < 1.29 is 23.9 Å². The molecule has 0 bridgehead atoms. The average Bonchev–Trinajstić information content (AvgIpc) is 2.98. The monoisotopic (exact) mass is 348 g/mol. The first-order valence-electron chi connectivity index (χ1n) is 7.18. The zero-order valence-electron chi connectivity index (χ0n) is 12.8. The second-order valence-electron chi connectivity index (χ2n) is 4.63. The first kappa shape index (κ1) is 17.6. The van der Waals surface area contributed by atoms with Crippen molar-refractivity contribution in [2.45, 2.75) is 12.8 Å². The number of para-hydroxylation sites is 1. The molecule has 0 fully saturated rings. The number of carbonyl (C=O) groups is 3. The number of aromatic nitrogens is 1. The molecule has 0 atom stereocenters. The number of thiazole rings is 1. The molecule has 2 aromatic rings. The van der Waals surface area contributed by atoms with E-state index in [2.05, 4.69) is 21.6 Å². The van der Waals surface area contributed by atoms with Crippen LogP contribution in [0.4, 0.5) is 5.13 Å². The molecule has 0 spiro atoms. The highest BCUT2D eigenvalue weighted by Crippen LogP contribution is 2.25. The van der Waals surface area contributed by atoms with Gasteiger partial charge in [0, 0.05) is 12.5 Å². The zero-order chi connectivity index (χ0) is 17.4. The summed E-state index contributed by atoms with van der Waals surface area (Å²) in [6.07, 6.45) is 0.946. The third kappa shape index (κ3) is 5.47. The summed E-state index contributed by atoms with van der Waals surface area (Å²) in [4.78, 5) is 38.3. The topological polar surface area (TPSA) is 94.6 Å². The van der Waals surface area contributed by atoms with Crippen LogP contribution in [0.5, 0.6) is 0 Å². The van der Waals surface area contributed by atoms with Crippen LogP contribution < -0.4 is 5.32 Å². The molecule has 126 valence electrons. The first-order chi connectivity index (χ1) is 11.6. The van der Waals surface area contributed by atoms with Crippen LogP contribution in [0.3, 0.4) is 0 Å². The van der Waals surface area contributed by atoms with E-state index in [1.807, 2.05) is 24.3 Å². The number of nitrogens with one attached hydrogen (secondary N) is 1. The maximum Gasteiger partial charge on any atom is 0.330 e. The standard InChI is InChI=1S/C16H16N2O5S/c1-2-14(20)22-9-10-23-15(21)8-7-13(19)18-16-17-11-5-3-4-6-12(11)24-16/h2-6H,1,7-10H2,(H,17,18,19). The number of hydrogen-bond donors (Lipinski definition) is 1. The zero-order valence-corrected chi connectivity index (χ0v) is 13.6. The molecule has 0 radical (unpaired) electrons. The molecule has 0 unspecified atom stereocenters. The molecule has 1 amide bonds. The van der Waals surface area contributed by atoms with Gasteiger partial charge in [-0.25, -0.2) is 9.78 Å². The van der Waals surface area contributed by atoms with Gasteiger partial charge in [0.15, 0.2) is 5.13 Å². The maximum absolute atomic E-state index is 11.8. The number of esters is 2. The predicted octanol–water partition coefficient (Wildman–Crippen LogP) is 2.29. The summed E-state index contributed by atoms with van der Waals surface area (Å²) in [5, 5.41) is 3.15. The van der Waals surface area contributed by atoms with Crippen LogP contribution in [0, 0.1) is 0 Å². The number of benzene rings is 1. The quantitative estimate of drug-likeness (QED) is 0.447. The third-order valence-electron chi connectivity index (χ3n) is 2.85. The van der Waals surface area contributed by atoms with Crippen molar-refractivity contribution in [1.29, 1.82) is 0 Å². The van der Waals surface area contributed by atoms with E-state index in [1.165, 1.54) is 11.3 Å². The second-order valence-corrected chi connectivity index (χ2v) is 5.66. The molecule has 0 saturated carbocycles. The van der Waals surface area contributed by atoms with Crippen molar-refractivity contribution in [2.24, 2.45) is 0 Å². The largest absolute Gasteiger partial charge is 0.462 e. The van der Waals surface area contributed by atoms with Crippen LogP contribution >= 0.6 is 11.3 Å². The molecule has 1 aromatic carbocycles. The van der Waals surface area contributed by atoms with Crippen LogP contribution in [0.25, 0.3) is 10.2 Å². The minimum atomic E-state index is -0.582. The van der Waals surface area contributed by atoms with Gasteiger partial charge in [-0.1, -0.05) is 30.0 Å². The fraction of sp³-hybridized carbons (Fsp3) is 0.250. The van der Waals surface area contributed by atoms with Crippen LogP contribution in [-0.4, -0.2) is 36.0 Å². The molecule has 0 aliphatic carbocycles. The van der Waals surface area contributed by atoms with E-state index in [1.54, 1.807) is 0 Å². The van der Waals surface area contributed by atoms with Crippen LogP contribution in [0.2, 0.25) is 0 Å². The number of hydrogen-bond acceptors (Lipinski definition) is 7. The molecule has 1 heterocycles. The number of amides is 1. The Balaban J connectivity index is 1.68. The van der Waals surface area contributed by atoms with E-state index in [-0.39, 0.29) is 32.0 Å². The minimum Gasteiger partial charge on any atom is -0.462 e. The van der Waals surface area contributed by atoms with Gasteiger partial charge in [0.1, 0.15) is 13.2 Å². The number of fused-ring (bicyclic) bond motifs is 1. The van der Waals surface area contributed by atoms with Gasteiger partial charge >= 0.3 is 11.9 Å². The molecule has 2 rings (SSSR count). The molecular weight excluding hydrogens is 332 g/mol. The van der Waals surface area contributed by atoms with Gasteiger partial charge in [-0.15, -0.1) is 0 Å². The minimum absolute atomic E-state index is 0.0127. The van der Waals surface area contributed by atoms with Crippen molar-refractivity contribution in [3.63, 3.8) is 0 Å². The lowest BCUT2D eigenvalue weighted by Gasteiger charge is -2.05. The van der Waals surface area contributed by atoms with Crippen molar-refractivity contribution >= 4 is 44.5 Å². The molecule has 7 nitrogen and oxygen atoms in total. The van der Waals surface area contributed by atoms with Crippen LogP contribution in [0.1, 0.15) is 12.8 Å². The van der Waals surface area contributed by atoms with E-state index in [9.17, 15) is 14.4 Å². The van der Waals surface area contributed by atoms with Crippen molar-refractivity contribution in [2.75, 3.05) is 18.5 Å². The number of anilines is 1. The molecule has 8 heteroatoms. The van der Waals surface area contributed by atoms with E-state index in [0.717, 1.165) is 16.3 Å². The maximum atomic E-state index is 11.8.